The summed E-state index contributed by atoms with van der Waals surface area (Å²) in [4.78, 5) is 12.5. The first kappa shape index (κ1) is 23.5. The molecule has 0 unspecified atom stereocenters. The fourth-order valence-electron chi connectivity index (χ4n) is 3.93. The van der Waals surface area contributed by atoms with Crippen LogP contribution in [0.3, 0.4) is 0 Å². The van der Waals surface area contributed by atoms with Gasteiger partial charge in [0.2, 0.25) is 5.91 Å². The second kappa shape index (κ2) is 10.9. The van der Waals surface area contributed by atoms with Gasteiger partial charge in [-0.2, -0.15) is 0 Å². The van der Waals surface area contributed by atoms with Crippen LogP contribution in [-0.2, 0) is 4.79 Å². The van der Waals surface area contributed by atoms with Crippen LogP contribution in [0.1, 0.15) is 51.2 Å². The molecule has 5 heteroatoms. The topological polar surface area (TPSA) is 60.7 Å². The molecule has 0 spiro atoms. The van der Waals surface area contributed by atoms with E-state index in [1.807, 2.05) is 45.0 Å². The molecule has 0 fully saturated rings. The fourth-order valence-corrected chi connectivity index (χ4v) is 3.93. The van der Waals surface area contributed by atoms with E-state index in [4.69, 9.17) is 13.9 Å². The summed E-state index contributed by atoms with van der Waals surface area (Å²) >= 11 is 0. The maximum atomic E-state index is 12.5. The number of amides is 1. The Balaban J connectivity index is 2.07. The first-order chi connectivity index (χ1) is 15.5. The Morgan fingerprint density at radius 2 is 1.94 bits per heavy atom. The molecular formula is C27H33NO4. The van der Waals surface area contributed by atoms with Crippen LogP contribution in [0.25, 0.3) is 27.7 Å². The lowest BCUT2D eigenvalue weighted by Crippen LogP contribution is -2.22. The van der Waals surface area contributed by atoms with E-state index in [0.717, 1.165) is 69.6 Å². The maximum absolute atomic E-state index is 12.5. The van der Waals surface area contributed by atoms with Gasteiger partial charge < -0.3 is 19.2 Å². The van der Waals surface area contributed by atoms with Crippen LogP contribution in [0, 0.1) is 6.92 Å². The SMILES string of the molecule is CCCCCNC(=O)/C=C(\C)c1cc2c(-c3ccccc3OC)coc2c(C)c1OCC. The van der Waals surface area contributed by atoms with Crippen molar-refractivity contribution in [1.82, 2.24) is 5.32 Å². The zero-order chi connectivity index (χ0) is 23.1. The van der Waals surface area contributed by atoms with Gasteiger partial charge in [0.05, 0.1) is 20.0 Å². The van der Waals surface area contributed by atoms with Gasteiger partial charge in [-0.05, 0) is 44.9 Å². The maximum Gasteiger partial charge on any atom is 0.244 e. The van der Waals surface area contributed by atoms with E-state index >= 15 is 0 Å². The number of carbonyl (C=O) groups is 1. The molecule has 0 bridgehead atoms. The fraction of sp³-hybridized carbons (Fsp3) is 0.370. The Hall–Kier alpha value is -3.21. The van der Waals surface area contributed by atoms with Crippen molar-refractivity contribution in [2.75, 3.05) is 20.3 Å². The van der Waals surface area contributed by atoms with E-state index in [1.165, 1.54) is 0 Å². The van der Waals surface area contributed by atoms with Gasteiger partial charge in [-0.25, -0.2) is 0 Å². The number of furan rings is 1. The number of aryl methyl sites for hydroxylation is 1. The van der Waals surface area contributed by atoms with Crippen molar-refractivity contribution in [3.8, 4) is 22.6 Å². The molecule has 0 aliphatic rings. The first-order valence-corrected chi connectivity index (χ1v) is 11.3. The second-order valence-electron chi connectivity index (χ2n) is 7.86. The van der Waals surface area contributed by atoms with Crippen molar-refractivity contribution in [1.29, 1.82) is 0 Å². The van der Waals surface area contributed by atoms with Crippen LogP contribution in [-0.4, -0.2) is 26.2 Å². The molecule has 1 aromatic heterocycles. The van der Waals surface area contributed by atoms with Crippen LogP contribution in [0.15, 0.2) is 47.1 Å². The Bertz CT molecular complexity index is 1110. The predicted molar refractivity (Wildman–Crippen MR) is 130 cm³/mol. The minimum atomic E-state index is -0.0871. The number of hydrogen-bond donors (Lipinski definition) is 1. The number of nitrogens with one attached hydrogen (secondary N) is 1. The van der Waals surface area contributed by atoms with Crippen molar-refractivity contribution >= 4 is 22.4 Å². The van der Waals surface area contributed by atoms with Crippen molar-refractivity contribution in [2.45, 2.75) is 47.0 Å². The number of benzene rings is 2. The van der Waals surface area contributed by atoms with Crippen LogP contribution in [0.4, 0.5) is 0 Å². The Morgan fingerprint density at radius 3 is 2.66 bits per heavy atom. The lowest BCUT2D eigenvalue weighted by molar-refractivity contribution is -0.116. The van der Waals surface area contributed by atoms with Crippen molar-refractivity contribution in [3.05, 3.63) is 53.8 Å². The quantitative estimate of drug-likeness (QED) is 0.291. The molecule has 2 aromatic carbocycles. The van der Waals surface area contributed by atoms with Crippen LogP contribution >= 0.6 is 0 Å². The Labute approximate surface area is 190 Å². The van der Waals surface area contributed by atoms with Crippen LogP contribution in [0.2, 0.25) is 0 Å². The number of methoxy groups -OCH3 is 1. The molecule has 0 radical (unpaired) electrons. The first-order valence-electron chi connectivity index (χ1n) is 11.3. The predicted octanol–water partition coefficient (Wildman–Crippen LogP) is 6.53. The molecular weight excluding hydrogens is 402 g/mol. The summed E-state index contributed by atoms with van der Waals surface area (Å²) in [5.74, 6) is 1.44. The summed E-state index contributed by atoms with van der Waals surface area (Å²) in [7, 11) is 1.66. The molecule has 0 atom stereocenters. The molecule has 32 heavy (non-hydrogen) atoms. The average molecular weight is 436 g/mol. The summed E-state index contributed by atoms with van der Waals surface area (Å²) in [6.45, 7) is 9.24. The molecule has 1 amide bonds. The van der Waals surface area contributed by atoms with Gasteiger partial charge in [0, 0.05) is 40.3 Å². The van der Waals surface area contributed by atoms with E-state index < -0.39 is 0 Å². The highest BCUT2D eigenvalue weighted by Gasteiger charge is 2.20. The summed E-state index contributed by atoms with van der Waals surface area (Å²) in [5.41, 5.74) is 5.32. The lowest BCUT2D eigenvalue weighted by atomic mass is 9.96. The van der Waals surface area contributed by atoms with Crippen LogP contribution < -0.4 is 14.8 Å². The van der Waals surface area contributed by atoms with Gasteiger partial charge in [0.25, 0.3) is 0 Å². The van der Waals surface area contributed by atoms with Gasteiger partial charge in [-0.3, -0.25) is 4.79 Å². The van der Waals surface area contributed by atoms with Crippen molar-refractivity contribution in [3.63, 3.8) is 0 Å². The summed E-state index contributed by atoms with van der Waals surface area (Å²) in [6, 6.07) is 9.92. The van der Waals surface area contributed by atoms with E-state index in [-0.39, 0.29) is 5.91 Å². The number of rotatable bonds is 10. The molecule has 5 nitrogen and oxygen atoms in total. The van der Waals surface area contributed by atoms with Crippen molar-refractivity contribution in [2.24, 2.45) is 0 Å². The van der Waals surface area contributed by atoms with Gasteiger partial charge in [-0.1, -0.05) is 38.0 Å². The number of carbonyl (C=O) groups excluding carboxylic acids is 1. The lowest BCUT2D eigenvalue weighted by Gasteiger charge is -2.15. The molecule has 170 valence electrons. The third-order valence-electron chi connectivity index (χ3n) is 5.58. The summed E-state index contributed by atoms with van der Waals surface area (Å²) < 4.78 is 17.5. The second-order valence-corrected chi connectivity index (χ2v) is 7.86. The Kier molecular flexibility index (Phi) is 7.98. The number of unbranched alkanes of at least 4 members (excludes halogenated alkanes) is 2. The smallest absolute Gasteiger partial charge is 0.244 e. The zero-order valence-corrected chi connectivity index (χ0v) is 19.7. The molecule has 1 heterocycles. The van der Waals surface area contributed by atoms with Gasteiger partial charge in [0.1, 0.15) is 17.1 Å². The number of allylic oxidation sites excluding steroid dienone is 1. The molecule has 0 saturated heterocycles. The molecule has 3 aromatic rings. The van der Waals surface area contributed by atoms with Crippen LogP contribution in [0.5, 0.6) is 11.5 Å². The highest BCUT2D eigenvalue weighted by molar-refractivity contribution is 6.02. The highest BCUT2D eigenvalue weighted by atomic mass is 16.5. The molecule has 0 saturated carbocycles. The van der Waals surface area contributed by atoms with Gasteiger partial charge in [-0.15, -0.1) is 0 Å². The number of para-hydroxylation sites is 1. The third kappa shape index (κ3) is 4.98. The van der Waals surface area contributed by atoms with Crippen molar-refractivity contribution < 1.29 is 18.7 Å². The van der Waals surface area contributed by atoms with Gasteiger partial charge in [0.15, 0.2) is 0 Å². The number of hydrogen-bond acceptors (Lipinski definition) is 4. The van der Waals surface area contributed by atoms with Gasteiger partial charge >= 0.3 is 0 Å². The standard InChI is InChI=1S/C27H33NO4/c1-6-8-11-14-28-25(29)15-18(3)21-16-22-23(20-12-9-10-13-24(20)30-5)17-32-27(22)19(4)26(21)31-7-2/h9-10,12-13,15-17H,6-8,11,14H2,1-5H3,(H,28,29)/b18-15+. The molecule has 0 aliphatic carbocycles. The van der Waals surface area contributed by atoms with E-state index in [2.05, 4.69) is 18.3 Å². The molecule has 3 rings (SSSR count). The average Bonchev–Trinajstić information content (AvgIpc) is 3.22. The minimum absolute atomic E-state index is 0.0871. The largest absolute Gasteiger partial charge is 0.496 e. The Morgan fingerprint density at radius 1 is 1.16 bits per heavy atom. The third-order valence-corrected chi connectivity index (χ3v) is 5.58. The van der Waals surface area contributed by atoms with E-state index in [1.54, 1.807) is 19.4 Å². The number of ether oxygens (including phenoxy) is 2. The van der Waals surface area contributed by atoms with E-state index in [0.29, 0.717) is 13.2 Å². The highest BCUT2D eigenvalue weighted by Crippen LogP contribution is 2.42. The molecule has 0 aliphatic heterocycles. The van der Waals surface area contributed by atoms with E-state index in [9.17, 15) is 4.79 Å². The summed E-state index contributed by atoms with van der Waals surface area (Å²) in [6.07, 6.45) is 6.63. The zero-order valence-electron chi connectivity index (χ0n) is 19.7. The normalized spacial score (nSPS) is 11.6. The minimum Gasteiger partial charge on any atom is -0.496 e. The molecule has 1 N–H and O–H groups in total. The summed E-state index contributed by atoms with van der Waals surface area (Å²) in [5, 5.41) is 3.94. The monoisotopic (exact) mass is 435 g/mol. The number of fused-ring (bicyclic) bond motifs is 1.